The maximum Gasteiger partial charge on any atom is 0.358 e. The van der Waals surface area contributed by atoms with E-state index in [1.165, 1.54) is 38.5 Å². The van der Waals surface area contributed by atoms with Crippen LogP contribution >= 0.6 is 0 Å². The van der Waals surface area contributed by atoms with Crippen LogP contribution in [0.1, 0.15) is 36.7 Å². The van der Waals surface area contributed by atoms with E-state index in [-0.39, 0.29) is 5.69 Å². The normalized spacial score (nSPS) is 18.1. The van der Waals surface area contributed by atoms with Gasteiger partial charge in [-0.2, -0.15) is 0 Å². The van der Waals surface area contributed by atoms with E-state index in [9.17, 15) is 4.79 Å². The van der Waals surface area contributed by atoms with Crippen molar-refractivity contribution in [2.75, 3.05) is 26.2 Å². The molecule has 2 rings (SSSR count). The minimum absolute atomic E-state index is 0.00800. The summed E-state index contributed by atoms with van der Waals surface area (Å²) in [5.74, 6) is -1.04. The van der Waals surface area contributed by atoms with E-state index >= 15 is 0 Å². The van der Waals surface area contributed by atoms with Gasteiger partial charge in [-0.15, -0.1) is 5.10 Å². The summed E-state index contributed by atoms with van der Waals surface area (Å²) in [5.41, 5.74) is -0.00800. The molecule has 0 saturated carbocycles. The largest absolute Gasteiger partial charge is 0.476 e. The fraction of sp³-hybridized carbons (Fsp3) is 0.769. The minimum Gasteiger partial charge on any atom is -0.476 e. The molecule has 1 aromatic rings. The van der Waals surface area contributed by atoms with E-state index < -0.39 is 5.97 Å². The van der Waals surface area contributed by atoms with Crippen molar-refractivity contribution in [3.63, 3.8) is 0 Å². The van der Waals surface area contributed by atoms with E-state index in [1.54, 1.807) is 4.68 Å². The number of nitrogens with zero attached hydrogens (tertiary/aromatic N) is 4. The zero-order valence-corrected chi connectivity index (χ0v) is 12.0. The molecule has 7 heteroatoms. The summed E-state index contributed by atoms with van der Waals surface area (Å²) >= 11 is 0. The minimum atomic E-state index is -1.04. The molecule has 112 valence electrons. The van der Waals surface area contributed by atoms with Gasteiger partial charge in [-0.25, -0.2) is 4.79 Å². The van der Waals surface area contributed by atoms with E-state index in [2.05, 4.69) is 27.5 Å². The van der Waals surface area contributed by atoms with Crippen LogP contribution in [0, 0.1) is 0 Å². The molecule has 1 unspecified atom stereocenters. The SMILES string of the molecule is CC(CN1CCCCC1)NCCn1cc(C(=O)O)nn1. The van der Waals surface area contributed by atoms with Gasteiger partial charge >= 0.3 is 5.97 Å². The third kappa shape index (κ3) is 4.57. The molecule has 2 heterocycles. The van der Waals surface area contributed by atoms with Gasteiger partial charge in [0.05, 0.1) is 12.7 Å². The second-order valence-electron chi connectivity index (χ2n) is 5.39. The van der Waals surface area contributed by atoms with Crippen molar-refractivity contribution in [2.24, 2.45) is 0 Å². The zero-order valence-electron chi connectivity index (χ0n) is 12.0. The van der Waals surface area contributed by atoms with Crippen LogP contribution in [-0.2, 0) is 6.54 Å². The van der Waals surface area contributed by atoms with Gasteiger partial charge in [0, 0.05) is 19.1 Å². The van der Waals surface area contributed by atoms with Gasteiger partial charge in [0.15, 0.2) is 5.69 Å². The number of piperidine rings is 1. The zero-order chi connectivity index (χ0) is 14.4. The number of aromatic carboxylic acids is 1. The van der Waals surface area contributed by atoms with Crippen LogP contribution in [0.15, 0.2) is 6.20 Å². The molecule has 7 nitrogen and oxygen atoms in total. The highest BCUT2D eigenvalue weighted by atomic mass is 16.4. The lowest BCUT2D eigenvalue weighted by Gasteiger charge is -2.29. The third-order valence-electron chi connectivity index (χ3n) is 3.57. The lowest BCUT2D eigenvalue weighted by atomic mass is 10.1. The first-order chi connectivity index (χ1) is 9.65. The number of likely N-dealkylation sites (tertiary alicyclic amines) is 1. The fourth-order valence-electron chi connectivity index (χ4n) is 2.53. The Hall–Kier alpha value is -1.47. The monoisotopic (exact) mass is 281 g/mol. The highest BCUT2D eigenvalue weighted by molar-refractivity contribution is 5.84. The molecule has 1 aliphatic heterocycles. The average molecular weight is 281 g/mol. The molecule has 0 bridgehead atoms. The first kappa shape index (κ1) is 14.9. The van der Waals surface area contributed by atoms with Gasteiger partial charge in [0.25, 0.3) is 0 Å². The molecule has 1 aromatic heterocycles. The Morgan fingerprint density at radius 1 is 1.45 bits per heavy atom. The smallest absolute Gasteiger partial charge is 0.358 e. The van der Waals surface area contributed by atoms with E-state index in [0.29, 0.717) is 12.6 Å². The summed E-state index contributed by atoms with van der Waals surface area (Å²) in [6.07, 6.45) is 5.43. The number of carboxylic acid groups (broad SMARTS) is 1. The van der Waals surface area contributed by atoms with Crippen molar-refractivity contribution >= 4 is 5.97 Å². The predicted molar refractivity (Wildman–Crippen MR) is 74.7 cm³/mol. The Bertz CT molecular complexity index is 428. The van der Waals surface area contributed by atoms with E-state index in [1.807, 2.05) is 0 Å². The molecule has 0 radical (unpaired) electrons. The molecule has 0 aliphatic carbocycles. The quantitative estimate of drug-likeness (QED) is 0.754. The van der Waals surface area contributed by atoms with Crippen molar-refractivity contribution in [3.05, 3.63) is 11.9 Å². The lowest BCUT2D eigenvalue weighted by molar-refractivity contribution is 0.0690. The molecular weight excluding hydrogens is 258 g/mol. The number of carboxylic acids is 1. The van der Waals surface area contributed by atoms with Crippen molar-refractivity contribution < 1.29 is 9.90 Å². The highest BCUT2D eigenvalue weighted by Crippen LogP contribution is 2.08. The first-order valence-electron chi connectivity index (χ1n) is 7.24. The van der Waals surface area contributed by atoms with Gasteiger partial charge < -0.3 is 15.3 Å². The number of hydrogen-bond donors (Lipinski definition) is 2. The molecule has 1 fully saturated rings. The van der Waals surface area contributed by atoms with Crippen LogP contribution in [0.2, 0.25) is 0 Å². The van der Waals surface area contributed by atoms with E-state index in [0.717, 1.165) is 13.1 Å². The van der Waals surface area contributed by atoms with Crippen molar-refractivity contribution in [2.45, 2.75) is 38.8 Å². The lowest BCUT2D eigenvalue weighted by Crippen LogP contribution is -2.42. The Morgan fingerprint density at radius 3 is 2.85 bits per heavy atom. The van der Waals surface area contributed by atoms with Gasteiger partial charge in [-0.1, -0.05) is 11.6 Å². The van der Waals surface area contributed by atoms with Gasteiger partial charge in [-0.3, -0.25) is 4.68 Å². The van der Waals surface area contributed by atoms with Crippen LogP contribution in [0.25, 0.3) is 0 Å². The van der Waals surface area contributed by atoms with Crippen LogP contribution in [0.4, 0.5) is 0 Å². The summed E-state index contributed by atoms with van der Waals surface area (Å²) in [4.78, 5) is 13.2. The Kier molecular flexibility index (Phi) is 5.49. The molecule has 0 aromatic carbocycles. The number of rotatable bonds is 7. The summed E-state index contributed by atoms with van der Waals surface area (Å²) in [5, 5.41) is 19.6. The van der Waals surface area contributed by atoms with Crippen molar-refractivity contribution in [1.29, 1.82) is 0 Å². The molecule has 20 heavy (non-hydrogen) atoms. The fourth-order valence-corrected chi connectivity index (χ4v) is 2.53. The number of hydrogen-bond acceptors (Lipinski definition) is 5. The van der Waals surface area contributed by atoms with Crippen molar-refractivity contribution in [3.8, 4) is 0 Å². The molecule has 2 N–H and O–H groups in total. The molecule has 0 spiro atoms. The van der Waals surface area contributed by atoms with Crippen LogP contribution in [-0.4, -0.2) is 63.2 Å². The highest BCUT2D eigenvalue weighted by Gasteiger charge is 2.13. The first-order valence-corrected chi connectivity index (χ1v) is 7.24. The summed E-state index contributed by atoms with van der Waals surface area (Å²) in [6, 6.07) is 0.426. The number of aromatic nitrogens is 3. The molecule has 0 amide bonds. The topological polar surface area (TPSA) is 83.3 Å². The van der Waals surface area contributed by atoms with Crippen LogP contribution < -0.4 is 5.32 Å². The third-order valence-corrected chi connectivity index (χ3v) is 3.57. The van der Waals surface area contributed by atoms with E-state index in [4.69, 9.17) is 5.11 Å². The second kappa shape index (κ2) is 7.35. The van der Waals surface area contributed by atoms with Gasteiger partial charge in [-0.05, 0) is 32.9 Å². The second-order valence-corrected chi connectivity index (χ2v) is 5.39. The summed E-state index contributed by atoms with van der Waals surface area (Å²) < 4.78 is 1.56. The number of carbonyl (C=O) groups is 1. The Balaban J connectivity index is 1.65. The summed E-state index contributed by atoms with van der Waals surface area (Å²) in [7, 11) is 0. The Morgan fingerprint density at radius 2 is 2.20 bits per heavy atom. The Labute approximate surface area is 119 Å². The van der Waals surface area contributed by atoms with Crippen LogP contribution in [0.3, 0.4) is 0 Å². The van der Waals surface area contributed by atoms with Gasteiger partial charge in [0.1, 0.15) is 0 Å². The van der Waals surface area contributed by atoms with Gasteiger partial charge in [0.2, 0.25) is 0 Å². The maximum absolute atomic E-state index is 10.7. The maximum atomic E-state index is 10.7. The molecular formula is C13H23N5O2. The van der Waals surface area contributed by atoms with Crippen molar-refractivity contribution in [1.82, 2.24) is 25.2 Å². The predicted octanol–water partition coefficient (Wildman–Crippen LogP) is 0.440. The standard InChI is InChI=1S/C13H23N5O2/c1-11(9-17-6-3-2-4-7-17)14-5-8-18-10-12(13(19)20)15-16-18/h10-11,14H,2-9H2,1H3,(H,19,20). The molecule has 1 atom stereocenters. The molecule has 1 saturated heterocycles. The van der Waals surface area contributed by atoms with Crippen LogP contribution in [0.5, 0.6) is 0 Å². The number of nitrogens with one attached hydrogen (secondary N) is 1. The average Bonchev–Trinajstić information content (AvgIpc) is 2.89. The summed E-state index contributed by atoms with van der Waals surface area (Å²) in [6.45, 7) is 7.05. The molecule has 1 aliphatic rings.